The van der Waals surface area contributed by atoms with E-state index >= 15 is 0 Å². The summed E-state index contributed by atoms with van der Waals surface area (Å²) in [6.07, 6.45) is 0. The lowest BCUT2D eigenvalue weighted by atomic mass is 10.1. The average molecular weight is 464 g/mol. The Morgan fingerprint density at radius 1 is 1.12 bits per heavy atom. The second kappa shape index (κ2) is 8.67. The highest BCUT2D eigenvalue weighted by molar-refractivity contribution is 7.21. The molecule has 4 rings (SSSR count). The van der Waals surface area contributed by atoms with E-state index in [2.05, 4.69) is 15.4 Å². The maximum absolute atomic E-state index is 12.6. The number of nitrogens with two attached hydrogens (primary N) is 1. The van der Waals surface area contributed by atoms with Crippen molar-refractivity contribution < 1.29 is 14.3 Å². The molecule has 1 amide bonds. The van der Waals surface area contributed by atoms with E-state index in [0.29, 0.717) is 21.9 Å². The van der Waals surface area contributed by atoms with Gasteiger partial charge in [-0.05, 0) is 58.4 Å². The van der Waals surface area contributed by atoms with Crippen LogP contribution in [0.3, 0.4) is 0 Å². The van der Waals surface area contributed by atoms with Crippen molar-refractivity contribution in [1.82, 2.24) is 14.8 Å². The Hall–Kier alpha value is -3.72. The van der Waals surface area contributed by atoms with E-state index in [1.54, 1.807) is 4.68 Å². The van der Waals surface area contributed by atoms with Gasteiger partial charge in [-0.1, -0.05) is 17.7 Å². The molecule has 170 valence electrons. The number of amides is 1. The molecule has 8 nitrogen and oxygen atoms in total. The van der Waals surface area contributed by atoms with E-state index < -0.39 is 18.5 Å². The monoisotopic (exact) mass is 463 g/mol. The summed E-state index contributed by atoms with van der Waals surface area (Å²) >= 11 is 1.17. The zero-order chi connectivity index (χ0) is 23.9. The third kappa shape index (κ3) is 4.31. The number of aryl methyl sites for hydroxylation is 4. The molecule has 0 aliphatic carbocycles. The molecule has 0 saturated heterocycles. The van der Waals surface area contributed by atoms with Gasteiger partial charge in [0.2, 0.25) is 0 Å². The minimum atomic E-state index is -0.647. The number of nitrogen functional groups attached to an aromatic ring is 1. The minimum Gasteiger partial charge on any atom is -0.451 e. The Morgan fingerprint density at radius 3 is 2.52 bits per heavy atom. The molecule has 1 aromatic carbocycles. The van der Waals surface area contributed by atoms with Crippen LogP contribution in [0.25, 0.3) is 15.9 Å². The normalized spacial score (nSPS) is 11.1. The molecule has 0 fully saturated rings. The minimum absolute atomic E-state index is 0.249. The third-order valence-electron chi connectivity index (χ3n) is 5.38. The summed E-state index contributed by atoms with van der Waals surface area (Å²) in [5, 5.41) is 8.08. The van der Waals surface area contributed by atoms with E-state index in [-0.39, 0.29) is 4.88 Å². The Bertz CT molecular complexity index is 1390. The first-order valence-electron chi connectivity index (χ1n) is 10.4. The summed E-state index contributed by atoms with van der Waals surface area (Å²) in [6.45, 7) is 9.07. The molecule has 3 N–H and O–H groups in total. The Kier molecular flexibility index (Phi) is 5.90. The number of ether oxygens (including phenoxy) is 1. The number of anilines is 2. The van der Waals surface area contributed by atoms with Gasteiger partial charge in [0, 0.05) is 11.1 Å². The van der Waals surface area contributed by atoms with Crippen molar-refractivity contribution in [3.8, 4) is 5.69 Å². The van der Waals surface area contributed by atoms with Crippen molar-refractivity contribution in [3.63, 3.8) is 0 Å². The number of thiophene rings is 1. The number of hydrogen-bond acceptors (Lipinski definition) is 7. The third-order valence-corrected chi connectivity index (χ3v) is 6.46. The van der Waals surface area contributed by atoms with Crippen LogP contribution in [0.1, 0.15) is 37.9 Å². The van der Waals surface area contributed by atoms with Gasteiger partial charge < -0.3 is 15.8 Å². The van der Waals surface area contributed by atoms with E-state index in [0.717, 1.165) is 33.6 Å². The van der Waals surface area contributed by atoms with Gasteiger partial charge in [0.1, 0.15) is 9.71 Å². The summed E-state index contributed by atoms with van der Waals surface area (Å²) in [5.41, 5.74) is 12.4. The molecule has 0 bridgehead atoms. The largest absolute Gasteiger partial charge is 0.451 e. The lowest BCUT2D eigenvalue weighted by Crippen LogP contribution is -2.21. The highest BCUT2D eigenvalue weighted by Gasteiger charge is 2.22. The standard InChI is InChI=1S/C24H25N5O3S/c1-12-6-8-17(9-7-12)29-16(5)21(15(4)28-29)27-18(30)11-32-24(31)22-20(25)19-13(2)10-14(3)26-23(19)33-22/h6-10H,11,25H2,1-5H3,(H,27,30). The number of pyridine rings is 1. The summed E-state index contributed by atoms with van der Waals surface area (Å²) in [4.78, 5) is 30.5. The molecule has 0 spiro atoms. The summed E-state index contributed by atoms with van der Waals surface area (Å²) in [5.74, 6) is -1.10. The molecule has 0 aliphatic rings. The molecule has 4 aromatic rings. The molecule has 9 heteroatoms. The van der Waals surface area contributed by atoms with Crippen LogP contribution in [0.4, 0.5) is 11.4 Å². The van der Waals surface area contributed by atoms with Crippen LogP contribution in [-0.2, 0) is 9.53 Å². The number of carbonyl (C=O) groups is 2. The van der Waals surface area contributed by atoms with Crippen molar-refractivity contribution in [2.45, 2.75) is 34.6 Å². The Labute approximate surface area is 195 Å². The second-order valence-electron chi connectivity index (χ2n) is 8.02. The second-order valence-corrected chi connectivity index (χ2v) is 9.02. The number of aromatic nitrogens is 3. The molecule has 0 aliphatic heterocycles. The van der Waals surface area contributed by atoms with Crippen LogP contribution < -0.4 is 11.1 Å². The summed E-state index contributed by atoms with van der Waals surface area (Å²) in [6, 6.07) is 9.85. The van der Waals surface area contributed by atoms with Crippen molar-refractivity contribution in [2.75, 3.05) is 17.7 Å². The maximum atomic E-state index is 12.6. The molecule has 0 unspecified atom stereocenters. The Morgan fingerprint density at radius 2 is 1.82 bits per heavy atom. The van der Waals surface area contributed by atoms with Gasteiger partial charge in [0.15, 0.2) is 6.61 Å². The predicted octanol–water partition coefficient (Wildman–Crippen LogP) is 4.40. The zero-order valence-electron chi connectivity index (χ0n) is 19.1. The highest BCUT2D eigenvalue weighted by Crippen LogP contribution is 2.35. The summed E-state index contributed by atoms with van der Waals surface area (Å²) < 4.78 is 7.02. The summed E-state index contributed by atoms with van der Waals surface area (Å²) in [7, 11) is 0. The molecule has 0 radical (unpaired) electrons. The van der Waals surface area contributed by atoms with E-state index in [1.807, 2.05) is 65.0 Å². The van der Waals surface area contributed by atoms with Crippen molar-refractivity contribution in [1.29, 1.82) is 0 Å². The van der Waals surface area contributed by atoms with Gasteiger partial charge in [-0.3, -0.25) is 4.79 Å². The van der Waals surface area contributed by atoms with Gasteiger partial charge in [-0.15, -0.1) is 11.3 Å². The number of nitrogens with one attached hydrogen (secondary N) is 1. The first kappa shape index (κ1) is 22.5. The number of carbonyl (C=O) groups excluding carboxylic acids is 2. The van der Waals surface area contributed by atoms with Gasteiger partial charge in [-0.25, -0.2) is 14.5 Å². The van der Waals surface area contributed by atoms with E-state index in [9.17, 15) is 9.59 Å². The van der Waals surface area contributed by atoms with E-state index in [4.69, 9.17) is 10.5 Å². The molecule has 3 aromatic heterocycles. The van der Waals surface area contributed by atoms with Crippen LogP contribution in [0.5, 0.6) is 0 Å². The zero-order valence-corrected chi connectivity index (χ0v) is 20.0. The quantitative estimate of drug-likeness (QED) is 0.424. The first-order chi connectivity index (χ1) is 15.7. The number of fused-ring (bicyclic) bond motifs is 1. The Balaban J connectivity index is 1.46. The van der Waals surface area contributed by atoms with Crippen LogP contribution in [0, 0.1) is 34.6 Å². The van der Waals surface area contributed by atoms with Gasteiger partial charge in [0.05, 0.1) is 28.5 Å². The predicted molar refractivity (Wildman–Crippen MR) is 130 cm³/mol. The van der Waals surface area contributed by atoms with Gasteiger partial charge in [0.25, 0.3) is 5.91 Å². The van der Waals surface area contributed by atoms with Crippen LogP contribution >= 0.6 is 11.3 Å². The lowest BCUT2D eigenvalue weighted by Gasteiger charge is -2.08. The molecular weight excluding hydrogens is 438 g/mol. The highest BCUT2D eigenvalue weighted by atomic mass is 32.1. The molecular formula is C24H25N5O3S. The van der Waals surface area contributed by atoms with Gasteiger partial charge in [-0.2, -0.15) is 5.10 Å². The fourth-order valence-corrected chi connectivity index (χ4v) is 4.86. The van der Waals surface area contributed by atoms with Crippen molar-refractivity contribution >= 4 is 44.8 Å². The lowest BCUT2D eigenvalue weighted by molar-refractivity contribution is -0.119. The maximum Gasteiger partial charge on any atom is 0.351 e. The molecule has 33 heavy (non-hydrogen) atoms. The number of esters is 1. The number of nitrogens with zero attached hydrogens (tertiary/aromatic N) is 3. The molecule has 0 atom stereocenters. The smallest absolute Gasteiger partial charge is 0.351 e. The number of benzene rings is 1. The van der Waals surface area contributed by atoms with Gasteiger partial charge >= 0.3 is 5.97 Å². The topological polar surface area (TPSA) is 112 Å². The SMILES string of the molecule is Cc1ccc(-n2nc(C)c(NC(=O)COC(=O)c3sc4nc(C)cc(C)c4c3N)c2C)cc1. The first-order valence-corrected chi connectivity index (χ1v) is 11.2. The van der Waals surface area contributed by atoms with Crippen molar-refractivity contribution in [3.05, 3.63) is 63.4 Å². The van der Waals surface area contributed by atoms with E-state index in [1.165, 1.54) is 11.3 Å². The van der Waals surface area contributed by atoms with Crippen LogP contribution in [0.15, 0.2) is 30.3 Å². The van der Waals surface area contributed by atoms with Crippen molar-refractivity contribution in [2.24, 2.45) is 0 Å². The fraction of sp³-hybridized carbons (Fsp3) is 0.250. The number of hydrogen-bond donors (Lipinski definition) is 2. The average Bonchev–Trinajstić information content (AvgIpc) is 3.24. The van der Waals surface area contributed by atoms with Crippen LogP contribution in [0.2, 0.25) is 0 Å². The molecule has 3 heterocycles. The van der Waals surface area contributed by atoms with Crippen LogP contribution in [-0.4, -0.2) is 33.2 Å². The molecule has 0 saturated carbocycles. The number of rotatable bonds is 5. The fourth-order valence-electron chi connectivity index (χ4n) is 3.75.